The highest BCUT2D eigenvalue weighted by Gasteiger charge is 2.30. The minimum Gasteiger partial charge on any atom is -0.497 e. The molecule has 0 spiro atoms. The second-order valence-electron chi connectivity index (χ2n) is 4.60. The number of carbonyl (C=O) groups excluding carboxylic acids is 3. The number of hydrogen-bond acceptors (Lipinski definition) is 5. The Hall–Kier alpha value is -2.57. The highest BCUT2D eigenvalue weighted by Crippen LogP contribution is 2.18. The topological polar surface area (TPSA) is 84.9 Å². The lowest BCUT2D eigenvalue weighted by Gasteiger charge is -2.28. The fraction of sp³-hybridized carbons (Fsp3) is 0.357. The molecule has 1 aliphatic rings. The summed E-state index contributed by atoms with van der Waals surface area (Å²) < 4.78 is 10.5. The number of ether oxygens (including phenoxy) is 2. The number of piperazine rings is 1. The summed E-state index contributed by atoms with van der Waals surface area (Å²) in [4.78, 5) is 35.9. The van der Waals surface area contributed by atoms with Crippen molar-refractivity contribution >= 4 is 17.7 Å². The Morgan fingerprint density at radius 2 is 1.67 bits per heavy atom. The number of benzene rings is 1. The first-order valence-corrected chi connectivity index (χ1v) is 6.42. The van der Waals surface area contributed by atoms with Crippen LogP contribution in [0.3, 0.4) is 0 Å². The van der Waals surface area contributed by atoms with Crippen molar-refractivity contribution in [2.45, 2.75) is 13.0 Å². The third-order valence-electron chi connectivity index (χ3n) is 2.98. The van der Waals surface area contributed by atoms with Gasteiger partial charge in [0.2, 0.25) is 11.8 Å². The van der Waals surface area contributed by atoms with E-state index in [0.717, 1.165) is 0 Å². The number of nitrogens with one attached hydrogen (secondary N) is 1. The average Bonchev–Trinajstić information content (AvgIpc) is 2.46. The molecule has 1 aromatic carbocycles. The number of nitrogens with zero attached hydrogens (tertiary/aromatic N) is 1. The quantitative estimate of drug-likeness (QED) is 0.786. The maximum absolute atomic E-state index is 12.2. The number of imide groups is 1. The van der Waals surface area contributed by atoms with Crippen molar-refractivity contribution < 1.29 is 23.9 Å². The molecule has 7 heteroatoms. The van der Waals surface area contributed by atoms with Gasteiger partial charge in [-0.05, 0) is 31.2 Å². The molecular formula is C14H16N2O5. The van der Waals surface area contributed by atoms with Crippen LogP contribution >= 0.6 is 0 Å². The highest BCUT2D eigenvalue weighted by atomic mass is 16.5. The molecule has 1 N–H and O–H groups in total. The molecule has 1 saturated heterocycles. The lowest BCUT2D eigenvalue weighted by molar-refractivity contribution is -0.148. The van der Waals surface area contributed by atoms with Crippen LogP contribution in [-0.2, 0) is 14.4 Å². The molecule has 1 atom stereocenters. The van der Waals surface area contributed by atoms with Gasteiger partial charge in [-0.2, -0.15) is 0 Å². The molecule has 0 aromatic heterocycles. The predicted molar refractivity (Wildman–Crippen MR) is 72.8 cm³/mol. The Labute approximate surface area is 121 Å². The van der Waals surface area contributed by atoms with E-state index < -0.39 is 23.8 Å². The zero-order valence-corrected chi connectivity index (χ0v) is 11.8. The van der Waals surface area contributed by atoms with Crippen molar-refractivity contribution in [2.24, 2.45) is 0 Å². The van der Waals surface area contributed by atoms with E-state index in [-0.39, 0.29) is 13.1 Å². The molecule has 0 aliphatic carbocycles. The third kappa shape index (κ3) is 3.71. The summed E-state index contributed by atoms with van der Waals surface area (Å²) in [6, 6.07) is 6.78. The molecule has 112 valence electrons. The second kappa shape index (κ2) is 6.25. The van der Waals surface area contributed by atoms with E-state index >= 15 is 0 Å². The summed E-state index contributed by atoms with van der Waals surface area (Å²) in [5.74, 6) is -0.203. The maximum Gasteiger partial charge on any atom is 0.264 e. The van der Waals surface area contributed by atoms with E-state index in [1.807, 2.05) is 0 Å². The zero-order chi connectivity index (χ0) is 15.4. The van der Waals surface area contributed by atoms with Gasteiger partial charge in [0.1, 0.15) is 24.6 Å². The van der Waals surface area contributed by atoms with Crippen LogP contribution in [0, 0.1) is 0 Å². The number of carbonyl (C=O) groups is 3. The standard InChI is InChI=1S/C14H16N2O5/c1-9(21-11-5-3-10(20-2)4-6-11)14(19)16-7-12(17)15-13(18)8-16/h3-6,9H,7-8H2,1-2H3,(H,15,17,18). The molecule has 7 nitrogen and oxygen atoms in total. The smallest absolute Gasteiger partial charge is 0.264 e. The van der Waals surface area contributed by atoms with Crippen LogP contribution < -0.4 is 14.8 Å². The molecule has 1 unspecified atom stereocenters. The molecule has 1 fully saturated rings. The van der Waals surface area contributed by atoms with E-state index in [4.69, 9.17) is 9.47 Å². The Morgan fingerprint density at radius 1 is 1.14 bits per heavy atom. The molecular weight excluding hydrogens is 276 g/mol. The fourth-order valence-electron chi connectivity index (χ4n) is 1.96. The molecule has 1 aromatic rings. The second-order valence-corrected chi connectivity index (χ2v) is 4.60. The van der Waals surface area contributed by atoms with Gasteiger partial charge in [-0.15, -0.1) is 0 Å². The Bertz CT molecular complexity index is 539. The van der Waals surface area contributed by atoms with Gasteiger partial charge in [0.05, 0.1) is 7.11 Å². The molecule has 21 heavy (non-hydrogen) atoms. The maximum atomic E-state index is 12.2. The zero-order valence-electron chi connectivity index (χ0n) is 11.8. The monoisotopic (exact) mass is 292 g/mol. The van der Waals surface area contributed by atoms with Crippen LogP contribution in [0.2, 0.25) is 0 Å². The van der Waals surface area contributed by atoms with Gasteiger partial charge in [-0.25, -0.2) is 0 Å². The van der Waals surface area contributed by atoms with Crippen molar-refractivity contribution in [3.8, 4) is 11.5 Å². The van der Waals surface area contributed by atoms with Crippen molar-refractivity contribution in [1.82, 2.24) is 10.2 Å². The molecule has 3 amide bonds. The van der Waals surface area contributed by atoms with E-state index in [0.29, 0.717) is 11.5 Å². The fourth-order valence-corrected chi connectivity index (χ4v) is 1.96. The lowest BCUT2D eigenvalue weighted by Crippen LogP contribution is -2.55. The Balaban J connectivity index is 1.98. The van der Waals surface area contributed by atoms with Crippen LogP contribution in [0.15, 0.2) is 24.3 Å². The van der Waals surface area contributed by atoms with Gasteiger partial charge in [0.25, 0.3) is 5.91 Å². The van der Waals surface area contributed by atoms with Gasteiger partial charge in [0, 0.05) is 0 Å². The Morgan fingerprint density at radius 3 is 2.19 bits per heavy atom. The molecule has 0 bridgehead atoms. The summed E-state index contributed by atoms with van der Waals surface area (Å²) in [6.07, 6.45) is -0.794. The number of rotatable bonds is 4. The summed E-state index contributed by atoms with van der Waals surface area (Å²) >= 11 is 0. The SMILES string of the molecule is COc1ccc(OC(C)C(=O)N2CC(=O)NC(=O)C2)cc1. The van der Waals surface area contributed by atoms with Crippen molar-refractivity contribution in [3.05, 3.63) is 24.3 Å². The first-order chi connectivity index (χ1) is 9.99. The Kier molecular flexibility index (Phi) is 4.42. The summed E-state index contributed by atoms with van der Waals surface area (Å²) in [5, 5.41) is 2.14. The van der Waals surface area contributed by atoms with Crippen molar-refractivity contribution in [1.29, 1.82) is 0 Å². The van der Waals surface area contributed by atoms with Crippen LogP contribution in [0.25, 0.3) is 0 Å². The first kappa shape index (κ1) is 14.8. The predicted octanol–water partition coefficient (Wildman–Crippen LogP) is -0.0525. The van der Waals surface area contributed by atoms with Crippen LogP contribution in [0.1, 0.15) is 6.92 Å². The van der Waals surface area contributed by atoms with Gasteiger partial charge in [-0.3, -0.25) is 19.7 Å². The molecule has 0 saturated carbocycles. The van der Waals surface area contributed by atoms with E-state index in [1.54, 1.807) is 38.3 Å². The van der Waals surface area contributed by atoms with Crippen LogP contribution in [-0.4, -0.2) is 48.9 Å². The highest BCUT2D eigenvalue weighted by molar-refractivity contribution is 6.02. The normalized spacial score (nSPS) is 16.2. The molecule has 0 radical (unpaired) electrons. The summed E-state index contributed by atoms with van der Waals surface area (Å²) in [7, 11) is 1.56. The third-order valence-corrected chi connectivity index (χ3v) is 2.98. The lowest BCUT2D eigenvalue weighted by atomic mass is 10.2. The number of hydrogen-bond donors (Lipinski definition) is 1. The number of amides is 3. The van der Waals surface area contributed by atoms with E-state index in [1.165, 1.54) is 4.90 Å². The first-order valence-electron chi connectivity index (χ1n) is 6.42. The van der Waals surface area contributed by atoms with Gasteiger partial charge in [0.15, 0.2) is 6.10 Å². The summed E-state index contributed by atoms with van der Waals surface area (Å²) in [5.41, 5.74) is 0. The minimum atomic E-state index is -0.794. The average molecular weight is 292 g/mol. The van der Waals surface area contributed by atoms with Gasteiger partial charge in [-0.1, -0.05) is 0 Å². The number of methoxy groups -OCH3 is 1. The van der Waals surface area contributed by atoms with Crippen LogP contribution in [0.4, 0.5) is 0 Å². The molecule has 2 rings (SSSR count). The van der Waals surface area contributed by atoms with E-state index in [9.17, 15) is 14.4 Å². The van der Waals surface area contributed by atoms with Crippen LogP contribution in [0.5, 0.6) is 11.5 Å². The largest absolute Gasteiger partial charge is 0.497 e. The minimum absolute atomic E-state index is 0.138. The molecule has 1 aliphatic heterocycles. The van der Waals surface area contributed by atoms with Crippen molar-refractivity contribution in [2.75, 3.05) is 20.2 Å². The summed E-state index contributed by atoms with van der Waals surface area (Å²) in [6.45, 7) is 1.30. The van der Waals surface area contributed by atoms with Crippen molar-refractivity contribution in [3.63, 3.8) is 0 Å². The van der Waals surface area contributed by atoms with Gasteiger partial charge >= 0.3 is 0 Å². The van der Waals surface area contributed by atoms with E-state index in [2.05, 4.69) is 5.32 Å². The molecule has 1 heterocycles. The van der Waals surface area contributed by atoms with Gasteiger partial charge < -0.3 is 14.4 Å².